The molecular weight excluding hydrogens is 320 g/mol. The highest BCUT2D eigenvalue weighted by Gasteiger charge is 2.20. The molecule has 0 fully saturated rings. The molecule has 0 unspecified atom stereocenters. The number of carbonyl (C=O) groups is 2. The van der Waals surface area contributed by atoms with Crippen molar-refractivity contribution in [3.8, 4) is 0 Å². The van der Waals surface area contributed by atoms with Crippen molar-refractivity contribution in [2.75, 3.05) is 7.11 Å². The smallest absolute Gasteiger partial charge is 0.340 e. The molecule has 0 aliphatic rings. The van der Waals surface area contributed by atoms with Gasteiger partial charge in [0.25, 0.3) is 0 Å². The van der Waals surface area contributed by atoms with Crippen LogP contribution >= 0.6 is 0 Å². The summed E-state index contributed by atoms with van der Waals surface area (Å²) < 4.78 is 10.2. The highest BCUT2D eigenvalue weighted by molar-refractivity contribution is 5.98. The molecule has 2 aromatic heterocycles. The van der Waals surface area contributed by atoms with Crippen molar-refractivity contribution in [2.24, 2.45) is 0 Å². The second-order valence-corrected chi connectivity index (χ2v) is 5.39. The zero-order valence-corrected chi connectivity index (χ0v) is 13.9. The first-order valence-corrected chi connectivity index (χ1v) is 7.65. The van der Waals surface area contributed by atoms with Crippen LogP contribution in [0.5, 0.6) is 0 Å². The van der Waals surface area contributed by atoms with Gasteiger partial charge in [0.2, 0.25) is 0 Å². The molecule has 0 N–H and O–H groups in total. The fraction of sp³-hybridized carbons (Fsp3) is 0.158. The van der Waals surface area contributed by atoms with Gasteiger partial charge in [0.05, 0.1) is 29.4 Å². The van der Waals surface area contributed by atoms with Gasteiger partial charge < -0.3 is 9.47 Å². The van der Waals surface area contributed by atoms with E-state index in [0.29, 0.717) is 16.8 Å². The summed E-state index contributed by atoms with van der Waals surface area (Å²) in [7, 11) is 1.31. The van der Waals surface area contributed by atoms with Crippen LogP contribution in [0, 0.1) is 6.92 Å². The van der Waals surface area contributed by atoms with E-state index in [1.54, 1.807) is 18.3 Å². The number of carbonyl (C=O) groups excluding carboxylic acids is 2. The number of fused-ring (bicyclic) bond motifs is 1. The maximum atomic E-state index is 12.2. The molecule has 0 spiro atoms. The number of hydrogen-bond donors (Lipinski definition) is 0. The highest BCUT2D eigenvalue weighted by Crippen LogP contribution is 2.24. The van der Waals surface area contributed by atoms with Gasteiger partial charge in [-0.25, -0.2) is 14.6 Å². The largest absolute Gasteiger partial charge is 0.465 e. The Morgan fingerprint density at radius 1 is 1.08 bits per heavy atom. The van der Waals surface area contributed by atoms with Crippen LogP contribution in [-0.2, 0) is 16.1 Å². The molecule has 3 aromatic rings. The number of hydrogen-bond acceptors (Lipinski definition) is 6. The molecule has 0 saturated heterocycles. The Balaban J connectivity index is 1.97. The van der Waals surface area contributed by atoms with Gasteiger partial charge in [0.15, 0.2) is 0 Å². The van der Waals surface area contributed by atoms with Crippen molar-refractivity contribution in [2.45, 2.75) is 13.5 Å². The summed E-state index contributed by atoms with van der Waals surface area (Å²) in [4.78, 5) is 32.7. The molecule has 0 aliphatic heterocycles. The molecule has 0 atom stereocenters. The molecule has 0 saturated carbocycles. The summed E-state index contributed by atoms with van der Waals surface area (Å²) in [6.45, 7) is 1.69. The lowest BCUT2D eigenvalue weighted by Crippen LogP contribution is -2.14. The Kier molecular flexibility index (Phi) is 4.70. The average Bonchev–Trinajstić information content (AvgIpc) is 2.66. The maximum Gasteiger partial charge on any atom is 0.340 e. The van der Waals surface area contributed by atoms with Gasteiger partial charge in [-0.2, -0.15) is 0 Å². The van der Waals surface area contributed by atoms with Gasteiger partial charge in [-0.05, 0) is 30.7 Å². The molecule has 2 heterocycles. The fourth-order valence-electron chi connectivity index (χ4n) is 2.62. The number of para-hydroxylation sites is 1. The van der Waals surface area contributed by atoms with E-state index in [1.807, 2.05) is 31.2 Å². The Hall–Kier alpha value is -3.28. The van der Waals surface area contributed by atoms with Gasteiger partial charge >= 0.3 is 11.9 Å². The first-order valence-electron chi connectivity index (χ1n) is 7.65. The van der Waals surface area contributed by atoms with Gasteiger partial charge in [0, 0.05) is 17.8 Å². The topological polar surface area (TPSA) is 78.4 Å². The van der Waals surface area contributed by atoms with E-state index in [-0.39, 0.29) is 6.61 Å². The SMILES string of the molecule is COC(=O)c1c(COC(=O)c2cccnc2)nc2ccccc2c1C. The van der Waals surface area contributed by atoms with Crippen LogP contribution in [0.4, 0.5) is 0 Å². The molecular formula is C19H16N2O4. The van der Waals surface area contributed by atoms with Crippen LogP contribution in [-0.4, -0.2) is 29.0 Å². The summed E-state index contributed by atoms with van der Waals surface area (Å²) in [5, 5.41) is 0.852. The average molecular weight is 336 g/mol. The molecule has 6 nitrogen and oxygen atoms in total. The zero-order chi connectivity index (χ0) is 17.8. The number of methoxy groups -OCH3 is 1. The minimum atomic E-state index is -0.531. The third-order valence-electron chi connectivity index (χ3n) is 3.85. The fourth-order valence-corrected chi connectivity index (χ4v) is 2.62. The third-order valence-corrected chi connectivity index (χ3v) is 3.85. The predicted molar refractivity (Wildman–Crippen MR) is 91.2 cm³/mol. The standard InChI is InChI=1S/C19H16N2O4/c1-12-14-7-3-4-8-15(14)21-16(17(12)19(23)24-2)11-25-18(22)13-6-5-9-20-10-13/h3-10H,11H2,1-2H3. The molecule has 0 radical (unpaired) electrons. The Bertz CT molecular complexity index is 939. The van der Waals surface area contributed by atoms with E-state index in [4.69, 9.17) is 9.47 Å². The summed E-state index contributed by atoms with van der Waals surface area (Å²) in [5.41, 5.74) is 2.48. The van der Waals surface area contributed by atoms with Gasteiger partial charge in [-0.15, -0.1) is 0 Å². The normalized spacial score (nSPS) is 10.5. The number of pyridine rings is 2. The van der Waals surface area contributed by atoms with E-state index in [1.165, 1.54) is 13.3 Å². The van der Waals surface area contributed by atoms with Crippen LogP contribution in [0.15, 0.2) is 48.8 Å². The van der Waals surface area contributed by atoms with Crippen LogP contribution in [0.25, 0.3) is 10.9 Å². The van der Waals surface area contributed by atoms with E-state index in [2.05, 4.69) is 9.97 Å². The zero-order valence-electron chi connectivity index (χ0n) is 13.9. The summed E-state index contributed by atoms with van der Waals surface area (Å²) in [6.07, 6.45) is 2.99. The lowest BCUT2D eigenvalue weighted by molar-refractivity contribution is 0.0455. The quantitative estimate of drug-likeness (QED) is 0.681. The van der Waals surface area contributed by atoms with Crippen molar-refractivity contribution >= 4 is 22.8 Å². The number of esters is 2. The number of nitrogens with zero attached hydrogens (tertiary/aromatic N) is 2. The molecule has 0 amide bonds. The van der Waals surface area contributed by atoms with Crippen LogP contribution in [0.3, 0.4) is 0 Å². The Labute approximate surface area is 144 Å². The molecule has 0 bridgehead atoms. The number of benzene rings is 1. The van der Waals surface area contributed by atoms with Gasteiger partial charge in [0.1, 0.15) is 6.61 Å². The third kappa shape index (κ3) is 3.33. The van der Waals surface area contributed by atoms with Crippen LogP contribution < -0.4 is 0 Å². The lowest BCUT2D eigenvalue weighted by Gasteiger charge is -2.13. The Morgan fingerprint density at radius 2 is 1.88 bits per heavy atom. The van der Waals surface area contributed by atoms with Crippen molar-refractivity contribution in [1.29, 1.82) is 0 Å². The number of rotatable bonds is 4. The predicted octanol–water partition coefficient (Wildman–Crippen LogP) is 3.08. The number of aryl methyl sites for hydroxylation is 1. The lowest BCUT2D eigenvalue weighted by atomic mass is 10.0. The molecule has 0 aliphatic carbocycles. The minimum absolute atomic E-state index is 0.135. The van der Waals surface area contributed by atoms with Gasteiger partial charge in [-0.3, -0.25) is 4.98 Å². The van der Waals surface area contributed by atoms with Crippen LogP contribution in [0.2, 0.25) is 0 Å². The summed E-state index contributed by atoms with van der Waals surface area (Å²) >= 11 is 0. The second-order valence-electron chi connectivity index (χ2n) is 5.39. The van der Waals surface area contributed by atoms with Crippen LogP contribution in [0.1, 0.15) is 32.0 Å². The number of ether oxygens (including phenoxy) is 2. The van der Waals surface area contributed by atoms with E-state index in [9.17, 15) is 9.59 Å². The molecule has 3 rings (SSSR count). The first-order chi connectivity index (χ1) is 12.1. The highest BCUT2D eigenvalue weighted by atomic mass is 16.5. The van der Waals surface area contributed by atoms with Crippen molar-refractivity contribution in [1.82, 2.24) is 9.97 Å². The molecule has 6 heteroatoms. The van der Waals surface area contributed by atoms with Crippen molar-refractivity contribution < 1.29 is 19.1 Å². The molecule has 25 heavy (non-hydrogen) atoms. The second kappa shape index (κ2) is 7.09. The number of aromatic nitrogens is 2. The van der Waals surface area contributed by atoms with Crippen molar-refractivity contribution in [3.63, 3.8) is 0 Å². The van der Waals surface area contributed by atoms with Gasteiger partial charge in [-0.1, -0.05) is 18.2 Å². The Morgan fingerprint density at radius 3 is 2.60 bits per heavy atom. The van der Waals surface area contributed by atoms with E-state index >= 15 is 0 Å². The molecule has 126 valence electrons. The monoisotopic (exact) mass is 336 g/mol. The summed E-state index contributed by atoms with van der Waals surface area (Å²) in [6, 6.07) is 10.7. The summed E-state index contributed by atoms with van der Waals surface area (Å²) in [5.74, 6) is -1.04. The minimum Gasteiger partial charge on any atom is -0.465 e. The van der Waals surface area contributed by atoms with E-state index < -0.39 is 11.9 Å². The maximum absolute atomic E-state index is 12.2. The van der Waals surface area contributed by atoms with Crippen molar-refractivity contribution in [3.05, 3.63) is 71.2 Å². The van der Waals surface area contributed by atoms with E-state index in [0.717, 1.165) is 16.5 Å². The molecule has 1 aromatic carbocycles. The first kappa shape index (κ1) is 16.6.